The smallest absolute Gasteiger partial charge is 0.242 e. The van der Waals surface area contributed by atoms with Crippen molar-refractivity contribution in [2.75, 3.05) is 12.4 Å². The number of thioether (sulfide) groups is 1. The minimum atomic E-state index is -0.446. The predicted molar refractivity (Wildman–Crippen MR) is 116 cm³/mol. The molecule has 1 aliphatic heterocycles. The summed E-state index contributed by atoms with van der Waals surface area (Å²) in [6.07, 6.45) is 2.09. The number of nitrogens with zero attached hydrogens (tertiary/aromatic N) is 2. The summed E-state index contributed by atoms with van der Waals surface area (Å²) in [4.78, 5) is 31.9. The van der Waals surface area contributed by atoms with E-state index in [9.17, 15) is 9.59 Å². The fraction of sp³-hybridized carbons (Fsp3) is 0.318. The molecular weight excluding hydrogens is 386 g/mol. The Bertz CT molecular complexity index is 937. The molecular formula is C22H23N3O3S. The van der Waals surface area contributed by atoms with E-state index >= 15 is 0 Å². The van der Waals surface area contributed by atoms with Gasteiger partial charge in [-0.2, -0.15) is 0 Å². The van der Waals surface area contributed by atoms with E-state index in [-0.39, 0.29) is 24.3 Å². The van der Waals surface area contributed by atoms with Gasteiger partial charge in [0.05, 0.1) is 12.8 Å². The fourth-order valence-corrected chi connectivity index (χ4v) is 4.36. The average Bonchev–Trinajstić information content (AvgIpc) is 3.50. The maximum absolute atomic E-state index is 12.9. The second-order valence-electron chi connectivity index (χ2n) is 7.26. The van der Waals surface area contributed by atoms with Gasteiger partial charge in [0.2, 0.25) is 11.8 Å². The molecule has 0 spiro atoms. The largest absolute Gasteiger partial charge is 0.497 e. The average molecular weight is 410 g/mol. The monoisotopic (exact) mass is 409 g/mol. The van der Waals surface area contributed by atoms with Gasteiger partial charge < -0.3 is 10.1 Å². The molecule has 1 atom stereocenters. The first-order valence-electron chi connectivity index (χ1n) is 9.62. The lowest BCUT2D eigenvalue weighted by atomic mass is 10.2. The Morgan fingerprint density at radius 1 is 1.17 bits per heavy atom. The van der Waals surface area contributed by atoms with Crippen molar-refractivity contribution in [3.8, 4) is 5.75 Å². The zero-order chi connectivity index (χ0) is 20.4. The molecule has 1 saturated carbocycles. The quantitative estimate of drug-likeness (QED) is 0.779. The second kappa shape index (κ2) is 8.29. The molecule has 2 amide bonds. The lowest BCUT2D eigenvalue weighted by Gasteiger charge is -2.15. The zero-order valence-corrected chi connectivity index (χ0v) is 17.2. The highest BCUT2D eigenvalue weighted by Gasteiger charge is 2.46. The molecule has 0 radical (unpaired) electrons. The number of ether oxygens (including phenoxy) is 1. The molecule has 1 N–H and O–H groups in total. The topological polar surface area (TPSA) is 71.0 Å². The van der Waals surface area contributed by atoms with E-state index in [1.165, 1.54) is 11.8 Å². The Morgan fingerprint density at radius 2 is 1.86 bits per heavy atom. The number of carbonyl (C=O) groups excluding carboxylic acids is 2. The summed E-state index contributed by atoms with van der Waals surface area (Å²) in [5, 5.41) is 3.11. The molecule has 6 nitrogen and oxygen atoms in total. The van der Waals surface area contributed by atoms with Crippen LogP contribution in [0.25, 0.3) is 0 Å². The van der Waals surface area contributed by atoms with E-state index in [2.05, 4.69) is 10.3 Å². The van der Waals surface area contributed by atoms with Gasteiger partial charge in [0.25, 0.3) is 0 Å². The van der Waals surface area contributed by atoms with Crippen LogP contribution in [0.5, 0.6) is 5.75 Å². The van der Waals surface area contributed by atoms with Crippen LogP contribution in [0.15, 0.2) is 53.5 Å². The summed E-state index contributed by atoms with van der Waals surface area (Å²) in [6.45, 7) is 2.00. The summed E-state index contributed by atoms with van der Waals surface area (Å²) < 4.78 is 5.18. The SMILES string of the molecule is COc1ccc(N=C2S[C@H](CC(=O)Nc3ccc(C)cc3)C(=O)N2C2CC2)cc1. The van der Waals surface area contributed by atoms with Crippen LogP contribution >= 0.6 is 11.8 Å². The number of hydrogen-bond acceptors (Lipinski definition) is 5. The third-order valence-electron chi connectivity index (χ3n) is 4.88. The Morgan fingerprint density at radius 3 is 2.48 bits per heavy atom. The first-order valence-corrected chi connectivity index (χ1v) is 10.5. The first-order chi connectivity index (χ1) is 14.0. The number of aliphatic imine (C=N–C) groups is 1. The summed E-state index contributed by atoms with van der Waals surface area (Å²) in [7, 11) is 1.62. The fourth-order valence-electron chi connectivity index (χ4n) is 3.15. The van der Waals surface area contributed by atoms with Crippen LogP contribution in [-0.2, 0) is 9.59 Å². The number of methoxy groups -OCH3 is 1. The van der Waals surface area contributed by atoms with Gasteiger partial charge in [0.15, 0.2) is 5.17 Å². The number of rotatable bonds is 6. The van der Waals surface area contributed by atoms with Crippen molar-refractivity contribution >= 4 is 40.1 Å². The molecule has 2 aliphatic rings. The van der Waals surface area contributed by atoms with Gasteiger partial charge in [-0.25, -0.2) is 4.99 Å². The number of anilines is 1. The summed E-state index contributed by atoms with van der Waals surface area (Å²) in [6, 6.07) is 15.2. The molecule has 2 aromatic rings. The minimum absolute atomic E-state index is 0.0242. The van der Waals surface area contributed by atoms with Crippen molar-refractivity contribution in [3.63, 3.8) is 0 Å². The Labute approximate surface area is 174 Å². The summed E-state index contributed by atoms with van der Waals surface area (Å²) in [5.41, 5.74) is 2.63. The molecule has 4 rings (SSSR count). The van der Waals surface area contributed by atoms with E-state index in [1.807, 2.05) is 55.5 Å². The van der Waals surface area contributed by atoms with Gasteiger partial charge in [-0.15, -0.1) is 0 Å². The van der Waals surface area contributed by atoms with Crippen LogP contribution in [-0.4, -0.2) is 40.3 Å². The summed E-state index contributed by atoms with van der Waals surface area (Å²) in [5.74, 6) is 0.568. The van der Waals surface area contributed by atoms with Crippen LogP contribution < -0.4 is 10.1 Å². The molecule has 0 aromatic heterocycles. The van der Waals surface area contributed by atoms with Crippen molar-refractivity contribution in [2.24, 2.45) is 4.99 Å². The van der Waals surface area contributed by atoms with E-state index in [0.29, 0.717) is 5.17 Å². The van der Waals surface area contributed by atoms with E-state index in [4.69, 9.17) is 4.74 Å². The van der Waals surface area contributed by atoms with Crippen LogP contribution in [0.3, 0.4) is 0 Å². The van der Waals surface area contributed by atoms with Crippen LogP contribution in [0.2, 0.25) is 0 Å². The highest BCUT2D eigenvalue weighted by molar-refractivity contribution is 8.15. The van der Waals surface area contributed by atoms with Gasteiger partial charge in [-0.3, -0.25) is 14.5 Å². The van der Waals surface area contributed by atoms with Gasteiger partial charge in [-0.05, 0) is 56.2 Å². The number of benzene rings is 2. The number of aryl methyl sites for hydroxylation is 1. The maximum Gasteiger partial charge on any atom is 0.242 e. The van der Waals surface area contributed by atoms with Crippen molar-refractivity contribution in [1.29, 1.82) is 0 Å². The standard InChI is InChI=1S/C22H23N3O3S/c1-14-3-5-15(6-4-14)23-20(26)13-19-21(27)25(17-9-10-17)22(29-19)24-16-7-11-18(28-2)12-8-16/h3-8,11-12,17,19H,9-10,13H2,1-2H3,(H,23,26)/t19-/m1/s1. The maximum atomic E-state index is 12.9. The van der Waals surface area contributed by atoms with Crippen molar-refractivity contribution in [1.82, 2.24) is 4.90 Å². The molecule has 2 aromatic carbocycles. The molecule has 1 heterocycles. The highest BCUT2D eigenvalue weighted by atomic mass is 32.2. The Kier molecular flexibility index (Phi) is 5.58. The first kappa shape index (κ1) is 19.5. The minimum Gasteiger partial charge on any atom is -0.497 e. The Balaban J connectivity index is 1.47. The molecule has 0 unspecified atom stereocenters. The molecule has 2 fully saturated rings. The summed E-state index contributed by atoms with van der Waals surface area (Å²) >= 11 is 1.38. The van der Waals surface area contributed by atoms with Crippen LogP contribution in [0.4, 0.5) is 11.4 Å². The molecule has 0 bridgehead atoms. The van der Waals surface area contributed by atoms with Gasteiger partial charge in [-0.1, -0.05) is 29.5 Å². The molecule has 7 heteroatoms. The third kappa shape index (κ3) is 4.62. The predicted octanol–water partition coefficient (Wildman–Crippen LogP) is 4.13. The molecule has 1 saturated heterocycles. The van der Waals surface area contributed by atoms with E-state index in [1.54, 1.807) is 12.0 Å². The van der Waals surface area contributed by atoms with Crippen LogP contribution in [0, 0.1) is 6.92 Å². The van der Waals surface area contributed by atoms with Gasteiger partial charge >= 0.3 is 0 Å². The number of hydrogen-bond donors (Lipinski definition) is 1. The van der Waals surface area contributed by atoms with Crippen LogP contribution in [0.1, 0.15) is 24.8 Å². The van der Waals surface area contributed by atoms with Crippen molar-refractivity contribution in [3.05, 3.63) is 54.1 Å². The van der Waals surface area contributed by atoms with Crippen molar-refractivity contribution in [2.45, 2.75) is 37.5 Å². The van der Waals surface area contributed by atoms with Gasteiger partial charge in [0, 0.05) is 18.2 Å². The number of amides is 2. The van der Waals surface area contributed by atoms with E-state index in [0.717, 1.165) is 35.5 Å². The lowest BCUT2D eigenvalue weighted by Crippen LogP contribution is -2.35. The number of nitrogens with one attached hydrogen (secondary N) is 1. The second-order valence-corrected chi connectivity index (χ2v) is 8.43. The third-order valence-corrected chi connectivity index (χ3v) is 6.03. The molecule has 1 aliphatic carbocycles. The number of amidine groups is 1. The lowest BCUT2D eigenvalue weighted by molar-refractivity contribution is -0.128. The molecule has 150 valence electrons. The Hall–Kier alpha value is -2.80. The molecule has 29 heavy (non-hydrogen) atoms. The van der Waals surface area contributed by atoms with E-state index < -0.39 is 5.25 Å². The van der Waals surface area contributed by atoms with Gasteiger partial charge in [0.1, 0.15) is 11.0 Å². The van der Waals surface area contributed by atoms with Crippen molar-refractivity contribution < 1.29 is 14.3 Å². The highest BCUT2D eigenvalue weighted by Crippen LogP contribution is 2.39. The zero-order valence-electron chi connectivity index (χ0n) is 16.4. The number of carbonyl (C=O) groups is 2. The normalized spacial score (nSPS) is 20.2.